The molecule has 1 aliphatic rings. The maximum Gasteiger partial charge on any atom is 0.335 e. The molecule has 1 saturated heterocycles. The fraction of sp³-hybridized carbons (Fsp3) is 0.556. The van der Waals surface area contributed by atoms with Crippen LogP contribution in [0.15, 0.2) is 24.3 Å². The maximum absolute atomic E-state index is 12.7. The molecule has 0 aromatic heterocycles. The highest BCUT2D eigenvalue weighted by atomic mass is 16.5. The third-order valence-electron chi connectivity index (χ3n) is 4.36. The lowest BCUT2D eigenvalue weighted by molar-refractivity contribution is -0.155. The molecule has 2 rings (SSSR count). The van der Waals surface area contributed by atoms with E-state index in [-0.39, 0.29) is 17.4 Å². The number of carbonyl (C=O) groups is 2. The quantitative estimate of drug-likeness (QED) is 0.906. The van der Waals surface area contributed by atoms with Crippen molar-refractivity contribution in [3.05, 3.63) is 35.4 Å². The SMILES string of the molecule is CCOC(C)(C)C(=O)N1CCC[C@@H](c2ccc(C(=O)O)cc2)C1. The molecule has 1 atom stereocenters. The molecule has 1 fully saturated rings. The molecule has 0 unspecified atom stereocenters. The molecule has 126 valence electrons. The molecule has 1 aromatic carbocycles. The van der Waals surface area contributed by atoms with Crippen molar-refractivity contribution in [3.63, 3.8) is 0 Å². The minimum atomic E-state index is -0.921. The highest BCUT2D eigenvalue weighted by molar-refractivity contribution is 5.87. The monoisotopic (exact) mass is 319 g/mol. The molecular weight excluding hydrogens is 294 g/mol. The highest BCUT2D eigenvalue weighted by Crippen LogP contribution is 2.29. The van der Waals surface area contributed by atoms with Gasteiger partial charge in [0.15, 0.2) is 0 Å². The molecule has 5 nitrogen and oxygen atoms in total. The van der Waals surface area contributed by atoms with Crippen LogP contribution in [-0.2, 0) is 9.53 Å². The van der Waals surface area contributed by atoms with Crippen molar-refractivity contribution >= 4 is 11.9 Å². The van der Waals surface area contributed by atoms with Crippen molar-refractivity contribution in [1.29, 1.82) is 0 Å². The number of nitrogens with zero attached hydrogens (tertiary/aromatic N) is 1. The molecule has 1 heterocycles. The number of carboxylic acid groups (broad SMARTS) is 1. The minimum absolute atomic E-state index is 0.0196. The van der Waals surface area contributed by atoms with Gasteiger partial charge in [-0.05, 0) is 51.3 Å². The largest absolute Gasteiger partial charge is 0.478 e. The van der Waals surface area contributed by atoms with Crippen molar-refractivity contribution in [1.82, 2.24) is 4.90 Å². The van der Waals surface area contributed by atoms with Gasteiger partial charge in [0.25, 0.3) is 5.91 Å². The Hall–Kier alpha value is -1.88. The van der Waals surface area contributed by atoms with Crippen molar-refractivity contribution in [2.45, 2.75) is 45.1 Å². The zero-order chi connectivity index (χ0) is 17.0. The molecule has 1 amide bonds. The number of ether oxygens (including phenoxy) is 1. The van der Waals surface area contributed by atoms with E-state index in [9.17, 15) is 9.59 Å². The van der Waals surface area contributed by atoms with Crippen LogP contribution in [0.1, 0.15) is 55.5 Å². The summed E-state index contributed by atoms with van der Waals surface area (Å²) in [7, 11) is 0. The average molecular weight is 319 g/mol. The zero-order valence-corrected chi connectivity index (χ0v) is 14.0. The number of carboxylic acids is 1. The number of hydrogen-bond donors (Lipinski definition) is 1. The number of amides is 1. The van der Waals surface area contributed by atoms with E-state index in [4.69, 9.17) is 9.84 Å². The van der Waals surface area contributed by atoms with Crippen LogP contribution in [-0.4, -0.2) is 47.2 Å². The third-order valence-corrected chi connectivity index (χ3v) is 4.36. The van der Waals surface area contributed by atoms with Crippen LogP contribution in [0.25, 0.3) is 0 Å². The van der Waals surface area contributed by atoms with E-state index in [0.717, 1.165) is 24.9 Å². The third kappa shape index (κ3) is 4.10. The highest BCUT2D eigenvalue weighted by Gasteiger charge is 2.35. The Labute approximate surface area is 137 Å². The number of carbonyl (C=O) groups excluding carboxylic acids is 1. The molecule has 23 heavy (non-hydrogen) atoms. The number of hydrogen-bond acceptors (Lipinski definition) is 3. The Bertz CT molecular complexity index is 565. The van der Waals surface area contributed by atoms with Crippen LogP contribution in [0.2, 0.25) is 0 Å². The number of likely N-dealkylation sites (tertiary alicyclic amines) is 1. The molecule has 1 aromatic rings. The van der Waals surface area contributed by atoms with E-state index in [1.807, 2.05) is 37.8 Å². The molecular formula is C18H25NO4. The molecule has 5 heteroatoms. The van der Waals surface area contributed by atoms with E-state index in [0.29, 0.717) is 13.2 Å². The van der Waals surface area contributed by atoms with E-state index in [1.54, 1.807) is 12.1 Å². The van der Waals surface area contributed by atoms with Crippen LogP contribution in [0.4, 0.5) is 0 Å². The van der Waals surface area contributed by atoms with Crippen molar-refractivity contribution < 1.29 is 19.4 Å². The summed E-state index contributed by atoms with van der Waals surface area (Å²) in [4.78, 5) is 25.5. The topological polar surface area (TPSA) is 66.8 Å². The van der Waals surface area contributed by atoms with Gasteiger partial charge in [0, 0.05) is 25.6 Å². The van der Waals surface area contributed by atoms with Crippen LogP contribution < -0.4 is 0 Å². The van der Waals surface area contributed by atoms with E-state index in [1.165, 1.54) is 0 Å². The van der Waals surface area contributed by atoms with Gasteiger partial charge in [-0.15, -0.1) is 0 Å². The molecule has 0 saturated carbocycles. The summed E-state index contributed by atoms with van der Waals surface area (Å²) in [5, 5.41) is 8.97. The first-order valence-electron chi connectivity index (χ1n) is 8.11. The molecule has 1 N–H and O–H groups in total. The summed E-state index contributed by atoms with van der Waals surface area (Å²) in [6.45, 7) is 7.42. The molecule has 0 spiro atoms. The fourth-order valence-corrected chi connectivity index (χ4v) is 3.13. The molecule has 0 aliphatic carbocycles. The fourth-order valence-electron chi connectivity index (χ4n) is 3.13. The lowest BCUT2D eigenvalue weighted by Gasteiger charge is -2.37. The average Bonchev–Trinajstić information content (AvgIpc) is 2.54. The number of rotatable bonds is 5. The van der Waals surface area contributed by atoms with Gasteiger partial charge >= 0.3 is 5.97 Å². The van der Waals surface area contributed by atoms with Gasteiger partial charge in [0.05, 0.1) is 5.56 Å². The summed E-state index contributed by atoms with van der Waals surface area (Å²) in [5.74, 6) is -0.658. The lowest BCUT2D eigenvalue weighted by Crippen LogP contribution is -2.50. The standard InChI is InChI=1S/C18H25NO4/c1-4-23-18(2,3)17(22)19-11-5-6-15(12-19)13-7-9-14(10-8-13)16(20)21/h7-10,15H,4-6,11-12H2,1-3H3,(H,20,21)/t15-/m1/s1. The summed E-state index contributed by atoms with van der Waals surface area (Å²) >= 11 is 0. The Morgan fingerprint density at radius 2 is 1.96 bits per heavy atom. The summed E-state index contributed by atoms with van der Waals surface area (Å²) in [6.07, 6.45) is 1.95. The summed E-state index contributed by atoms with van der Waals surface area (Å²) in [5.41, 5.74) is 0.570. The molecule has 0 bridgehead atoms. The van der Waals surface area contributed by atoms with E-state index >= 15 is 0 Å². The van der Waals surface area contributed by atoms with Crippen molar-refractivity contribution in [3.8, 4) is 0 Å². The predicted molar refractivity (Wildman–Crippen MR) is 87.7 cm³/mol. The van der Waals surface area contributed by atoms with Gasteiger partial charge in [0.1, 0.15) is 5.60 Å². The van der Waals surface area contributed by atoms with Crippen LogP contribution in [0.3, 0.4) is 0 Å². The first-order chi connectivity index (χ1) is 10.8. The van der Waals surface area contributed by atoms with Crippen LogP contribution in [0, 0.1) is 0 Å². The normalized spacial score (nSPS) is 18.7. The Morgan fingerprint density at radius 3 is 2.52 bits per heavy atom. The summed E-state index contributed by atoms with van der Waals surface area (Å²) < 4.78 is 5.57. The number of aromatic carboxylic acids is 1. The predicted octanol–water partition coefficient (Wildman–Crippen LogP) is 2.91. The Morgan fingerprint density at radius 1 is 1.30 bits per heavy atom. The van der Waals surface area contributed by atoms with Gasteiger partial charge < -0.3 is 14.7 Å². The van der Waals surface area contributed by atoms with Gasteiger partial charge in [0.2, 0.25) is 0 Å². The maximum atomic E-state index is 12.7. The van der Waals surface area contributed by atoms with Gasteiger partial charge in [-0.3, -0.25) is 4.79 Å². The van der Waals surface area contributed by atoms with Gasteiger partial charge in [-0.1, -0.05) is 12.1 Å². The smallest absolute Gasteiger partial charge is 0.335 e. The number of piperidine rings is 1. The Kier molecular flexibility index (Phi) is 5.42. The van der Waals surface area contributed by atoms with Crippen molar-refractivity contribution in [2.24, 2.45) is 0 Å². The first kappa shape index (κ1) is 17.5. The van der Waals surface area contributed by atoms with Crippen LogP contribution in [0.5, 0.6) is 0 Å². The number of benzene rings is 1. The second kappa shape index (κ2) is 7.13. The van der Waals surface area contributed by atoms with Gasteiger partial charge in [-0.2, -0.15) is 0 Å². The molecule has 1 aliphatic heterocycles. The van der Waals surface area contributed by atoms with Crippen LogP contribution >= 0.6 is 0 Å². The molecule has 0 radical (unpaired) electrons. The first-order valence-corrected chi connectivity index (χ1v) is 8.11. The van der Waals surface area contributed by atoms with E-state index in [2.05, 4.69) is 0 Å². The summed E-state index contributed by atoms with van der Waals surface area (Å²) in [6, 6.07) is 6.97. The lowest BCUT2D eigenvalue weighted by atomic mass is 9.89. The Balaban J connectivity index is 2.08. The van der Waals surface area contributed by atoms with Gasteiger partial charge in [-0.25, -0.2) is 4.79 Å². The zero-order valence-electron chi connectivity index (χ0n) is 14.0. The second-order valence-electron chi connectivity index (χ2n) is 6.46. The second-order valence-corrected chi connectivity index (χ2v) is 6.46. The van der Waals surface area contributed by atoms with Crippen molar-refractivity contribution in [2.75, 3.05) is 19.7 Å². The van der Waals surface area contributed by atoms with E-state index < -0.39 is 11.6 Å². The minimum Gasteiger partial charge on any atom is -0.478 e.